The van der Waals surface area contributed by atoms with Crippen LogP contribution in [0.15, 0.2) is 18.2 Å². The van der Waals surface area contributed by atoms with E-state index in [-0.39, 0.29) is 28.5 Å². The average molecular weight is 244 g/mol. The Balaban J connectivity index is 2.78. The van der Waals surface area contributed by atoms with Gasteiger partial charge in [0.1, 0.15) is 5.82 Å². The molecule has 4 heteroatoms. The van der Waals surface area contributed by atoms with Gasteiger partial charge in [-0.05, 0) is 32.9 Å². The van der Waals surface area contributed by atoms with Gasteiger partial charge in [-0.15, -0.1) is 0 Å². The summed E-state index contributed by atoms with van der Waals surface area (Å²) in [5.74, 6) is -0.684. The number of amides is 1. The van der Waals surface area contributed by atoms with Gasteiger partial charge in [0.25, 0.3) is 0 Å². The third-order valence-electron chi connectivity index (χ3n) is 1.91. The van der Waals surface area contributed by atoms with Gasteiger partial charge in [0.15, 0.2) is 0 Å². The van der Waals surface area contributed by atoms with Crippen molar-refractivity contribution in [2.45, 2.75) is 32.7 Å². The maximum absolute atomic E-state index is 13.4. The highest BCUT2D eigenvalue weighted by molar-refractivity contribution is 6.31. The first-order valence-corrected chi connectivity index (χ1v) is 5.41. The van der Waals surface area contributed by atoms with Gasteiger partial charge < -0.3 is 5.32 Å². The van der Waals surface area contributed by atoms with E-state index in [9.17, 15) is 9.18 Å². The number of carbonyl (C=O) groups excluding carboxylic acids is 1. The van der Waals surface area contributed by atoms with E-state index in [0.29, 0.717) is 0 Å². The molecule has 0 aliphatic rings. The minimum absolute atomic E-state index is 0.0389. The lowest BCUT2D eigenvalue weighted by atomic mass is 10.1. The molecule has 0 bridgehead atoms. The first kappa shape index (κ1) is 13.0. The van der Waals surface area contributed by atoms with E-state index in [1.807, 2.05) is 20.8 Å². The fourth-order valence-corrected chi connectivity index (χ4v) is 1.55. The molecular weight excluding hydrogens is 229 g/mol. The molecule has 0 radical (unpaired) electrons. The molecule has 1 aromatic carbocycles. The Bertz CT molecular complexity index is 378. The van der Waals surface area contributed by atoms with Crippen molar-refractivity contribution in [2.75, 3.05) is 0 Å². The van der Waals surface area contributed by atoms with Crippen LogP contribution >= 0.6 is 11.6 Å². The van der Waals surface area contributed by atoms with Crippen LogP contribution in [0.3, 0.4) is 0 Å². The van der Waals surface area contributed by atoms with Crippen LogP contribution in [0.5, 0.6) is 0 Å². The number of halogens is 2. The minimum atomic E-state index is -0.448. The maximum Gasteiger partial charge on any atom is 0.224 e. The van der Waals surface area contributed by atoms with Crippen molar-refractivity contribution in [3.05, 3.63) is 34.6 Å². The Labute approximate surface area is 99.8 Å². The second-order valence-electron chi connectivity index (χ2n) is 4.68. The van der Waals surface area contributed by atoms with Crippen molar-refractivity contribution >= 4 is 17.5 Å². The number of benzene rings is 1. The third-order valence-corrected chi connectivity index (χ3v) is 2.27. The van der Waals surface area contributed by atoms with E-state index >= 15 is 0 Å². The summed E-state index contributed by atoms with van der Waals surface area (Å²) in [5.41, 5.74) is -0.0830. The lowest BCUT2D eigenvalue weighted by Crippen LogP contribution is -2.41. The van der Waals surface area contributed by atoms with Crippen LogP contribution in [-0.4, -0.2) is 11.4 Å². The lowest BCUT2D eigenvalue weighted by molar-refractivity contribution is -0.121. The molecule has 0 saturated heterocycles. The van der Waals surface area contributed by atoms with Crippen molar-refractivity contribution < 1.29 is 9.18 Å². The van der Waals surface area contributed by atoms with Crippen molar-refractivity contribution in [1.29, 1.82) is 0 Å². The maximum atomic E-state index is 13.4. The molecule has 0 spiro atoms. The number of hydrogen-bond acceptors (Lipinski definition) is 1. The summed E-state index contributed by atoms with van der Waals surface area (Å²) in [6.07, 6.45) is -0.0389. The third kappa shape index (κ3) is 3.81. The summed E-state index contributed by atoms with van der Waals surface area (Å²) >= 11 is 5.82. The normalized spacial score (nSPS) is 11.3. The van der Waals surface area contributed by atoms with E-state index in [4.69, 9.17) is 11.6 Å². The van der Waals surface area contributed by atoms with Crippen LogP contribution in [0, 0.1) is 5.82 Å². The predicted octanol–water partition coefficient (Wildman–Crippen LogP) is 2.94. The number of nitrogens with one attached hydrogen (secondary N) is 1. The van der Waals surface area contributed by atoms with Gasteiger partial charge in [0.2, 0.25) is 5.91 Å². The number of hydrogen-bond donors (Lipinski definition) is 1. The van der Waals surface area contributed by atoms with Crippen molar-refractivity contribution in [3.63, 3.8) is 0 Å². The zero-order chi connectivity index (χ0) is 12.3. The minimum Gasteiger partial charge on any atom is -0.351 e. The van der Waals surface area contributed by atoms with Gasteiger partial charge in [-0.2, -0.15) is 0 Å². The van der Waals surface area contributed by atoms with Crippen molar-refractivity contribution in [3.8, 4) is 0 Å². The van der Waals surface area contributed by atoms with Gasteiger partial charge in [0.05, 0.1) is 6.42 Å². The van der Waals surface area contributed by atoms with Gasteiger partial charge >= 0.3 is 0 Å². The monoisotopic (exact) mass is 243 g/mol. The van der Waals surface area contributed by atoms with Crippen LogP contribution in [0.4, 0.5) is 4.39 Å². The first-order valence-electron chi connectivity index (χ1n) is 5.03. The molecule has 1 N–H and O–H groups in total. The van der Waals surface area contributed by atoms with Gasteiger partial charge in [-0.1, -0.05) is 17.7 Å². The van der Waals surface area contributed by atoms with Crippen LogP contribution in [-0.2, 0) is 11.2 Å². The zero-order valence-electron chi connectivity index (χ0n) is 9.60. The Morgan fingerprint density at radius 2 is 2.06 bits per heavy atom. The molecule has 1 rings (SSSR count). The van der Waals surface area contributed by atoms with E-state index in [1.54, 1.807) is 6.07 Å². The molecule has 0 aliphatic heterocycles. The molecule has 0 fully saturated rings. The standard InChI is InChI=1S/C12H15ClFNO/c1-12(2,3)15-11(16)7-8-9(13)5-4-6-10(8)14/h4-6H,7H2,1-3H3,(H,15,16). The Morgan fingerprint density at radius 1 is 1.44 bits per heavy atom. The SMILES string of the molecule is CC(C)(C)NC(=O)Cc1c(F)cccc1Cl. The van der Waals surface area contributed by atoms with Gasteiger partial charge in [-0.25, -0.2) is 4.39 Å². The van der Waals surface area contributed by atoms with Crippen molar-refractivity contribution in [1.82, 2.24) is 5.32 Å². The van der Waals surface area contributed by atoms with E-state index in [0.717, 1.165) is 0 Å². The Kier molecular flexibility index (Phi) is 3.92. The fraction of sp³-hybridized carbons (Fsp3) is 0.417. The second-order valence-corrected chi connectivity index (χ2v) is 5.08. The molecule has 1 amide bonds. The largest absolute Gasteiger partial charge is 0.351 e. The Hall–Kier alpha value is -1.09. The number of rotatable bonds is 2. The second kappa shape index (κ2) is 4.83. The van der Waals surface area contributed by atoms with E-state index in [1.165, 1.54) is 12.1 Å². The highest BCUT2D eigenvalue weighted by Gasteiger charge is 2.16. The Morgan fingerprint density at radius 3 is 2.56 bits per heavy atom. The number of carbonyl (C=O) groups is 1. The molecule has 2 nitrogen and oxygen atoms in total. The molecule has 0 aromatic heterocycles. The summed E-state index contributed by atoms with van der Waals surface area (Å²) in [6, 6.07) is 4.39. The average Bonchev–Trinajstić information content (AvgIpc) is 2.08. The molecule has 88 valence electrons. The summed E-state index contributed by atoms with van der Waals surface area (Å²) in [4.78, 5) is 11.6. The van der Waals surface area contributed by atoms with Crippen LogP contribution in [0.25, 0.3) is 0 Å². The summed E-state index contributed by atoms with van der Waals surface area (Å²) in [5, 5.41) is 3.04. The molecule has 0 unspecified atom stereocenters. The molecule has 1 aromatic rings. The summed E-state index contributed by atoms with van der Waals surface area (Å²) in [7, 11) is 0. The molecule has 0 atom stereocenters. The zero-order valence-corrected chi connectivity index (χ0v) is 10.4. The van der Waals surface area contributed by atoms with E-state index < -0.39 is 5.82 Å². The fourth-order valence-electron chi connectivity index (χ4n) is 1.32. The van der Waals surface area contributed by atoms with Gasteiger partial charge in [-0.3, -0.25) is 4.79 Å². The van der Waals surface area contributed by atoms with Gasteiger partial charge in [0, 0.05) is 16.1 Å². The predicted molar refractivity (Wildman–Crippen MR) is 63.0 cm³/mol. The van der Waals surface area contributed by atoms with Crippen LogP contribution < -0.4 is 5.32 Å². The molecule has 0 aliphatic carbocycles. The summed E-state index contributed by atoms with van der Waals surface area (Å²) in [6.45, 7) is 5.61. The highest BCUT2D eigenvalue weighted by Crippen LogP contribution is 2.19. The van der Waals surface area contributed by atoms with Crippen LogP contribution in [0.1, 0.15) is 26.3 Å². The lowest BCUT2D eigenvalue weighted by Gasteiger charge is -2.20. The quantitative estimate of drug-likeness (QED) is 0.850. The molecular formula is C12H15ClFNO. The van der Waals surface area contributed by atoms with Crippen molar-refractivity contribution in [2.24, 2.45) is 0 Å². The van der Waals surface area contributed by atoms with E-state index in [2.05, 4.69) is 5.32 Å². The molecule has 0 heterocycles. The van der Waals surface area contributed by atoms with Crippen LogP contribution in [0.2, 0.25) is 5.02 Å². The highest BCUT2D eigenvalue weighted by atomic mass is 35.5. The summed E-state index contributed by atoms with van der Waals surface area (Å²) < 4.78 is 13.4. The smallest absolute Gasteiger partial charge is 0.224 e. The first-order chi connectivity index (χ1) is 7.29. The molecule has 16 heavy (non-hydrogen) atoms. The molecule has 0 saturated carbocycles. The topological polar surface area (TPSA) is 29.1 Å².